The lowest BCUT2D eigenvalue weighted by Gasteiger charge is -2.21. The molecule has 3 saturated heterocycles. The lowest BCUT2D eigenvalue weighted by Crippen LogP contribution is -2.30. The highest BCUT2D eigenvalue weighted by Gasteiger charge is 2.37. The molecular formula is C89H96N20O6S3. The van der Waals surface area contributed by atoms with Crippen molar-refractivity contribution in [1.82, 2.24) is 67.8 Å². The minimum Gasteiger partial charge on any atom is -0.382 e. The Kier molecular flexibility index (Phi) is 27.6. The molecule has 8 aromatic heterocycles. The molecule has 118 heavy (non-hydrogen) atoms. The Bertz CT molecular complexity index is 5980. The van der Waals surface area contributed by atoms with Gasteiger partial charge in [0.05, 0.1) is 18.1 Å². The Hall–Kier alpha value is -13.0. The fourth-order valence-electron chi connectivity index (χ4n) is 14.8. The maximum Gasteiger partial charge on any atom is 0.299 e. The average Bonchev–Trinajstić information content (AvgIpc) is 1.62. The molecule has 15 rings (SSSR count). The predicted octanol–water partition coefficient (Wildman–Crippen LogP) is 14.1. The van der Waals surface area contributed by atoms with Gasteiger partial charge in [-0.05, 0) is 185 Å². The van der Waals surface area contributed by atoms with E-state index in [1.54, 1.807) is 90.7 Å². The third-order valence-corrected chi connectivity index (χ3v) is 20.6. The number of nitrogens with zero attached hydrogens (tertiary/aromatic N) is 14. The van der Waals surface area contributed by atoms with Crippen molar-refractivity contribution in [3.8, 4) is 69.3 Å². The number of rotatable bonds is 12. The zero-order chi connectivity index (χ0) is 81.6. The number of likely N-dealkylation sites (tertiary alicyclic amines) is 3. The summed E-state index contributed by atoms with van der Waals surface area (Å²) in [4.78, 5) is 119. The van der Waals surface area contributed by atoms with E-state index < -0.39 is 0 Å². The number of aromatic nitrogens is 11. The van der Waals surface area contributed by atoms with Crippen LogP contribution in [0, 0.1) is 49.4 Å². The standard InChI is InChI=1S/C31H33N7O2.C30H31N7O2.C28H26N6O2.3H2S/c1-6-8-25(39)37-15-7-9-23(37)29-36-26(27-28(32)33-14-16-38(27)29)20-10-12-22(19(2)17-20)30(40)35-24-13-11-21(18-34-24)31(3,4)5;1-5-7-24(38)36-16-6-8-22(36)28-35-25(26-27(31)32-15-17-37(26)28)19-9-11-20(12-10-19)29(39)34-23-14-13-21(18-33-23)30(2,3)4;1-3-8-23(35)33-15-7-11-22(33)27-32-24(25-26(29)30-14-16-34(25)27)19-12-13-21(18(2)17-19)28(36)31-20-9-5-4-6-10-20;;;/h10-14,16-18,23H,7,9,15H2,1-5H3,(H2,32,33)(H,34,35,40);9-15,17-18,22H,6,8,16H2,1-4H3,(H2,31,32)(H,33,34,39);4-6,9-10,12-14,16-17,22H,7,11,15H2,1-2H3,(H2,29,30)(H,31,36);3*1H2/t23-;2*22-;;;/m000.../s1. The summed E-state index contributed by atoms with van der Waals surface area (Å²) in [6, 6.07) is 34.6. The third-order valence-electron chi connectivity index (χ3n) is 20.6. The summed E-state index contributed by atoms with van der Waals surface area (Å²) in [6.07, 6.45) is 18.9. The van der Waals surface area contributed by atoms with Crippen LogP contribution in [-0.2, 0) is 25.2 Å². The number of hydrogen-bond donors (Lipinski definition) is 6. The van der Waals surface area contributed by atoms with E-state index in [0.29, 0.717) is 111 Å². The van der Waals surface area contributed by atoms with E-state index in [-0.39, 0.29) is 105 Å². The van der Waals surface area contributed by atoms with Gasteiger partial charge in [0.2, 0.25) is 0 Å². The molecule has 9 N–H and O–H groups in total. The summed E-state index contributed by atoms with van der Waals surface area (Å²) in [5, 5.41) is 8.67. The number of nitrogens with one attached hydrogen (secondary N) is 3. The third kappa shape index (κ3) is 18.6. The first-order chi connectivity index (χ1) is 55.2. The lowest BCUT2D eigenvalue weighted by atomic mass is 9.88. The summed E-state index contributed by atoms with van der Waals surface area (Å²) in [5.41, 5.74) is 31.4. The molecule has 4 aromatic carbocycles. The van der Waals surface area contributed by atoms with Crippen LogP contribution in [0.4, 0.5) is 34.8 Å². The molecule has 0 radical (unpaired) electrons. The van der Waals surface area contributed by atoms with Gasteiger partial charge in [0.15, 0.2) is 0 Å². The van der Waals surface area contributed by atoms with Gasteiger partial charge in [-0.15, -0.1) is 0 Å². The second-order valence-electron chi connectivity index (χ2n) is 30.4. The van der Waals surface area contributed by atoms with Gasteiger partial charge >= 0.3 is 0 Å². The van der Waals surface area contributed by atoms with Gasteiger partial charge in [-0.1, -0.05) is 114 Å². The minimum absolute atomic E-state index is 0. The number of carbonyl (C=O) groups excluding carboxylic acids is 6. The van der Waals surface area contributed by atoms with Crippen LogP contribution in [0.3, 0.4) is 0 Å². The van der Waals surface area contributed by atoms with E-state index in [0.717, 1.165) is 89.0 Å². The highest BCUT2D eigenvalue weighted by Crippen LogP contribution is 2.41. The molecule has 12 aromatic rings. The molecule has 6 amide bonds. The number of nitrogens with two attached hydrogens (primary N) is 3. The predicted molar refractivity (Wildman–Crippen MR) is 477 cm³/mol. The van der Waals surface area contributed by atoms with Crippen molar-refractivity contribution in [3.05, 3.63) is 221 Å². The normalized spacial score (nSPS) is 14.7. The molecule has 26 nitrogen and oxygen atoms in total. The zero-order valence-electron chi connectivity index (χ0n) is 67.6. The summed E-state index contributed by atoms with van der Waals surface area (Å²) in [6.45, 7) is 23.3. The fraction of sp³-hybridized carbons (Fsp3) is 0.281. The van der Waals surface area contributed by atoms with Gasteiger partial charge in [0.1, 0.15) is 80.2 Å². The quantitative estimate of drug-likeness (QED) is 0.0619. The highest BCUT2D eigenvalue weighted by atomic mass is 32.1. The summed E-state index contributed by atoms with van der Waals surface area (Å²) in [5.74, 6) is 18.9. The van der Waals surface area contributed by atoms with Crippen LogP contribution >= 0.6 is 40.5 Å². The fourth-order valence-corrected chi connectivity index (χ4v) is 14.8. The van der Waals surface area contributed by atoms with Crippen LogP contribution in [0.15, 0.2) is 165 Å². The molecule has 3 atom stereocenters. The van der Waals surface area contributed by atoms with Crippen LogP contribution in [0.5, 0.6) is 0 Å². The molecule has 3 fully saturated rings. The Morgan fingerprint density at radius 3 is 1.11 bits per heavy atom. The summed E-state index contributed by atoms with van der Waals surface area (Å²) < 4.78 is 5.73. The Labute approximate surface area is 706 Å². The number of carbonyl (C=O) groups is 6. The van der Waals surface area contributed by atoms with E-state index in [9.17, 15) is 28.8 Å². The van der Waals surface area contributed by atoms with E-state index in [4.69, 9.17) is 32.2 Å². The van der Waals surface area contributed by atoms with Gasteiger partial charge in [-0.25, -0.2) is 39.9 Å². The smallest absolute Gasteiger partial charge is 0.299 e. The molecule has 0 aliphatic carbocycles. The Morgan fingerprint density at radius 1 is 0.424 bits per heavy atom. The van der Waals surface area contributed by atoms with Crippen LogP contribution in [0.2, 0.25) is 0 Å². The van der Waals surface area contributed by atoms with Crippen molar-refractivity contribution in [2.75, 3.05) is 52.8 Å². The first-order valence-electron chi connectivity index (χ1n) is 38.0. The largest absolute Gasteiger partial charge is 0.382 e. The number of anilines is 6. The average molecular weight is 1640 g/mol. The number of hydrogen-bond acceptors (Lipinski definition) is 17. The minimum atomic E-state index is -0.258. The van der Waals surface area contributed by atoms with Crippen LogP contribution < -0.4 is 33.2 Å². The van der Waals surface area contributed by atoms with Crippen molar-refractivity contribution in [3.63, 3.8) is 0 Å². The van der Waals surface area contributed by atoms with E-state index >= 15 is 0 Å². The maximum absolute atomic E-state index is 13.1. The Balaban J connectivity index is 0.000000184. The van der Waals surface area contributed by atoms with Gasteiger partial charge < -0.3 is 47.9 Å². The van der Waals surface area contributed by atoms with Crippen LogP contribution in [-0.4, -0.2) is 123 Å². The molecule has 0 saturated carbocycles. The van der Waals surface area contributed by atoms with Crippen molar-refractivity contribution in [1.29, 1.82) is 0 Å². The van der Waals surface area contributed by atoms with Crippen molar-refractivity contribution in [2.45, 2.75) is 144 Å². The lowest BCUT2D eigenvalue weighted by molar-refractivity contribution is -0.126. The molecule has 606 valence electrons. The van der Waals surface area contributed by atoms with E-state index in [2.05, 4.69) is 118 Å². The molecule has 29 heteroatoms. The monoisotopic (exact) mass is 1640 g/mol. The number of pyridine rings is 2. The van der Waals surface area contributed by atoms with Gasteiger partial charge in [-0.3, -0.25) is 42.0 Å². The van der Waals surface area contributed by atoms with E-state index in [1.807, 2.05) is 137 Å². The topological polar surface area (TPSA) is 343 Å². The SMILES string of the molecule is CC#CC(=O)N1CCC[C@H]1c1nc(-c2ccc(C(=O)Nc3ccc(C(C)(C)C)cn3)c(C)c2)c2c(N)nccn12.CC#CC(=O)N1CCC[C@H]1c1nc(-c2ccc(C(=O)Nc3ccc(C(C)(C)C)cn3)cc2)c2c(N)nccn12.CC#CC(=O)N1CCC[C@H]1c1nc(-c2ccc(C(=O)Nc3ccccc3)c(C)c2)c2c(N)nccn12.S.S.S. The molecule has 0 spiro atoms. The maximum atomic E-state index is 13.1. The van der Waals surface area contributed by atoms with Gasteiger partial charge in [0.25, 0.3) is 35.4 Å². The first-order valence-corrected chi connectivity index (χ1v) is 38.0. The molecule has 0 unspecified atom stereocenters. The van der Waals surface area contributed by atoms with Crippen LogP contribution in [0.1, 0.15) is 190 Å². The molecule has 3 aliphatic rings. The zero-order valence-corrected chi connectivity index (χ0v) is 70.6. The van der Waals surface area contributed by atoms with Crippen molar-refractivity contribution >= 4 is 127 Å². The number of amides is 6. The molecule has 11 heterocycles. The number of benzene rings is 4. The van der Waals surface area contributed by atoms with Gasteiger partial charge in [-0.2, -0.15) is 40.5 Å². The number of fused-ring (bicyclic) bond motifs is 3. The van der Waals surface area contributed by atoms with Crippen molar-refractivity contribution < 1.29 is 28.8 Å². The number of aryl methyl sites for hydroxylation is 2. The number of imidazole rings is 3. The summed E-state index contributed by atoms with van der Waals surface area (Å²) in [7, 11) is 0. The molecule has 0 bridgehead atoms. The molecular weight excluding hydrogens is 1540 g/mol. The van der Waals surface area contributed by atoms with Crippen LogP contribution in [0.25, 0.3) is 50.3 Å². The van der Waals surface area contributed by atoms with E-state index in [1.165, 1.54) is 0 Å². The first kappa shape index (κ1) is 87.4. The second-order valence-corrected chi connectivity index (χ2v) is 30.4. The Morgan fingerprint density at radius 2 is 0.771 bits per heavy atom. The summed E-state index contributed by atoms with van der Waals surface area (Å²) >= 11 is 0. The highest BCUT2D eigenvalue weighted by molar-refractivity contribution is 7.59. The second kappa shape index (κ2) is 37.3. The molecule has 3 aliphatic heterocycles. The van der Waals surface area contributed by atoms with Gasteiger partial charge in [0, 0.05) is 108 Å². The number of nitrogen functional groups attached to an aromatic ring is 3. The number of para-hydroxylation sites is 1. The van der Waals surface area contributed by atoms with Crippen molar-refractivity contribution in [2.24, 2.45) is 0 Å².